The summed E-state index contributed by atoms with van der Waals surface area (Å²) in [4.78, 5) is 168. The number of carbonyl (C=O) groups excluding carboxylic acids is 11. The van der Waals surface area contributed by atoms with E-state index >= 15 is 0 Å². The van der Waals surface area contributed by atoms with Crippen LogP contribution in [0.15, 0.2) is 95.1 Å². The van der Waals surface area contributed by atoms with E-state index in [0.717, 1.165) is 0 Å². The first-order chi connectivity index (χ1) is 60.9. The third-order valence-electron chi connectivity index (χ3n) is 25.5. The normalized spacial score (nSPS) is 16.0. The number of rotatable bonds is 50. The molecule has 4 unspecified atom stereocenters. The van der Waals surface area contributed by atoms with Crippen molar-refractivity contribution in [3.63, 3.8) is 0 Å². The van der Waals surface area contributed by atoms with E-state index in [9.17, 15) is 62.6 Å². The summed E-state index contributed by atoms with van der Waals surface area (Å²) in [7, 11) is 1.74. The number of aliphatic hydroxyl groups is 1. The van der Waals surface area contributed by atoms with Gasteiger partial charge in [-0.25, -0.2) is 19.3 Å². The van der Waals surface area contributed by atoms with Gasteiger partial charge < -0.3 is 69.4 Å². The number of likely N-dealkylation sites (N-methyl/N-ethyl adjacent to an activating group) is 4. The van der Waals surface area contributed by atoms with Crippen molar-refractivity contribution < 1.29 is 86.1 Å². The van der Waals surface area contributed by atoms with Gasteiger partial charge in [-0.1, -0.05) is 203 Å². The maximum Gasteiger partial charge on any atom is 0.334 e. The molecule has 0 saturated heterocycles. The second-order valence-electron chi connectivity index (χ2n) is 39.5. The highest BCUT2D eigenvalue weighted by molar-refractivity contribution is 7.98. The Bertz CT molecular complexity index is 4310. The summed E-state index contributed by atoms with van der Waals surface area (Å²) in [5.74, 6) is -5.60. The van der Waals surface area contributed by atoms with Gasteiger partial charge in [-0.3, -0.25) is 47.9 Å². The number of Topliss-reactive ketones (excluding diaryl/α,β-unsaturated/α-hetero) is 2. The quantitative estimate of drug-likeness (QED) is 0.00895. The molecule has 0 aliphatic carbocycles. The van der Waals surface area contributed by atoms with Crippen molar-refractivity contribution in [1.29, 1.82) is 0 Å². The highest BCUT2D eigenvalue weighted by Crippen LogP contribution is 2.42. The Morgan fingerprint density at radius 2 is 0.879 bits per heavy atom. The molecule has 2 aromatic carbocycles. The fourth-order valence-electron chi connectivity index (χ4n) is 13.7. The number of amides is 8. The number of ether oxygens (including phenoxy) is 2. The molecule has 2 aromatic rings. The summed E-state index contributed by atoms with van der Waals surface area (Å²) < 4.78 is 25.6. The molecule has 0 fully saturated rings. The smallest absolute Gasteiger partial charge is 0.334 e. The molecular weight excluding hydrogens is 1730 g/mol. The molecular formula is C101H166N10O18SSi2. The van der Waals surface area contributed by atoms with Gasteiger partial charge in [-0.2, -0.15) is 0 Å². The third-order valence-corrected chi connectivity index (χ3v) is 34.8. The number of benzene rings is 2. The van der Waals surface area contributed by atoms with Crippen LogP contribution >= 0.6 is 11.8 Å². The Balaban J connectivity index is 0.00000215. The highest BCUT2D eigenvalue weighted by atomic mass is 32.2. The molecule has 8 amide bonds. The van der Waals surface area contributed by atoms with Crippen molar-refractivity contribution in [3.05, 3.63) is 129 Å². The first-order valence-corrected chi connectivity index (χ1v) is 53.5. The largest absolute Gasteiger partial charge is 0.478 e. The number of nitrogens with one attached hydrogen (secondary N) is 4. The van der Waals surface area contributed by atoms with Crippen molar-refractivity contribution >= 4 is 111 Å². The summed E-state index contributed by atoms with van der Waals surface area (Å²) in [5.41, 5.74) is 5.27. The van der Waals surface area contributed by atoms with Gasteiger partial charge in [0.1, 0.15) is 30.3 Å². The number of hydrogen-bond donors (Lipinski definition) is 6. The SMILES string of the molecule is C/C=C(\C)C(O[Si](C)(C)C(C)(C)C)[C@@H](C)[C@H](C/C=C(\C)C(=O)O)OCSC.[C-]#[N+]c1ccc(C[C@H](C(=O)N(C)CC(=O)N[C@H](C(C)=O)C(C)CC)N(C)C(=O)[C@H](C)NC(=O)[C@@H](CC(C)C)OC(=O)/C(C)=C/C[C@H](C)[C@H](C)C(O[Si](C)(C)C(C)(C)C)/C(C)=C/C)cc1.[C-]#[N+]c1ccc(C[C@H](C(=O)N(C)CC(=O)N[C@H](C(C)=O)C(C)CC)N(C)C(=O)[C@H](C)NC(=O)[C@H](O)CC(C)C)cc1. The summed E-state index contributed by atoms with van der Waals surface area (Å²) in [6, 6.07) is 7.52. The lowest BCUT2D eigenvalue weighted by Gasteiger charge is -2.42. The molecule has 0 saturated carbocycles. The van der Waals surface area contributed by atoms with Crippen LogP contribution in [0, 0.1) is 54.6 Å². The minimum atomic E-state index is -2.08. The Morgan fingerprint density at radius 3 is 1.20 bits per heavy atom. The number of carboxylic acid groups (broad SMARTS) is 1. The van der Waals surface area contributed by atoms with E-state index in [2.05, 4.69) is 145 Å². The fourth-order valence-corrected chi connectivity index (χ4v) is 16.8. The Kier molecular flexibility index (Phi) is 54.4. The van der Waals surface area contributed by atoms with Crippen LogP contribution in [0.25, 0.3) is 9.69 Å². The standard InChI is InChI=1S/C50H81N5O8Si.C30H45N5O6.C21H40O4SSi/c1-20-32(5)44(38(11)56)53-43(57)30-54(16)48(60)41(29-39-24-26-40(51-15)27-25-39)55(17)47(59)37(10)52-46(58)42(28-31(3)4)62-49(61)35(8)23-22-34(7)36(9)45(33(6)21-2)63-64(18,19)50(12,13)14;1-10-19(4)27(21(6)36)33-26(38)17-34(8)30(41)24(16-22-11-13-23(31-7)14-12-22)35(9)29(40)20(5)32-28(39)25(37)15-18(2)3;1-11-15(2)19(25-27(9,10)21(5,6)7)17(4)18(24-14-26-8)13-12-16(3)20(22)23/h21,23-27,31-32,34,36-37,41-42,44-45H,20,22,28-30H2,1-14,16-19H3,(H,52,58)(H,53,57);11-14,18-20,24-25,27,37H,10,15-17H2,1-6,8-9H3,(H,32,39)(H,33,38);11-12,17-19H,13-14H2,1-10H3,(H,22,23)/b33-21+,35-23+;;15-11+,16-12+/t32?,34-,36-,37-,41+,42+,44-,45?;19?,20-,24+,25+,27-;17-,18-,19?/m000/s1. The summed E-state index contributed by atoms with van der Waals surface area (Å²) >= 11 is 1.63. The van der Waals surface area contributed by atoms with E-state index in [0.29, 0.717) is 65.3 Å². The van der Waals surface area contributed by atoms with Crippen LogP contribution < -0.4 is 21.3 Å². The Labute approximate surface area is 798 Å². The lowest BCUT2D eigenvalue weighted by molar-refractivity contribution is -0.154. The number of carbonyl (C=O) groups is 12. The predicted molar refractivity (Wildman–Crippen MR) is 533 cm³/mol. The van der Waals surface area contributed by atoms with Crippen LogP contribution in [0.2, 0.25) is 36.3 Å². The van der Waals surface area contributed by atoms with Gasteiger partial charge >= 0.3 is 11.9 Å². The number of thioether (sulfide) groups is 1. The van der Waals surface area contributed by atoms with Crippen LogP contribution in [0.4, 0.5) is 11.4 Å². The third kappa shape index (κ3) is 41.5. The van der Waals surface area contributed by atoms with Crippen molar-refractivity contribution in [2.45, 2.75) is 341 Å². The average Bonchev–Trinajstić information content (AvgIpc) is 0.826. The van der Waals surface area contributed by atoms with E-state index in [4.69, 9.17) is 36.6 Å². The minimum Gasteiger partial charge on any atom is -0.478 e. The lowest BCUT2D eigenvalue weighted by atomic mass is 9.85. The second-order valence-corrected chi connectivity index (χ2v) is 49.8. The topological polar surface area (TPSA) is 352 Å². The average molecular weight is 1900 g/mol. The van der Waals surface area contributed by atoms with Crippen LogP contribution in [-0.4, -0.2) is 237 Å². The van der Waals surface area contributed by atoms with E-state index in [1.54, 1.807) is 80.2 Å². The maximum absolute atomic E-state index is 14.1. The first kappa shape index (κ1) is 123. The lowest BCUT2D eigenvalue weighted by Crippen LogP contribution is -2.56. The second kappa shape index (κ2) is 58.4. The molecule has 16 atom stereocenters. The van der Waals surface area contributed by atoms with Gasteiger partial charge in [0, 0.05) is 58.1 Å². The summed E-state index contributed by atoms with van der Waals surface area (Å²) in [5, 5.41) is 30.1. The molecule has 31 heteroatoms. The van der Waals surface area contributed by atoms with Crippen LogP contribution in [0.3, 0.4) is 0 Å². The monoisotopic (exact) mass is 1900 g/mol. The summed E-state index contributed by atoms with van der Waals surface area (Å²) in [6.07, 6.45) is 10.2. The molecule has 132 heavy (non-hydrogen) atoms. The zero-order valence-electron chi connectivity index (χ0n) is 86.6. The first-order valence-electron chi connectivity index (χ1n) is 46.3. The van der Waals surface area contributed by atoms with E-state index in [1.807, 2.05) is 81.6 Å². The molecule has 28 nitrogen and oxygen atoms in total. The molecule has 0 aliphatic heterocycles. The molecule has 0 spiro atoms. The Morgan fingerprint density at radius 1 is 0.515 bits per heavy atom. The summed E-state index contributed by atoms with van der Waals surface area (Å²) in [6.45, 7) is 75.1. The Hall–Kier alpha value is -8.96. The van der Waals surface area contributed by atoms with Gasteiger partial charge in [-0.15, -0.1) is 11.8 Å². The molecule has 2 rings (SSSR count). The number of aliphatic hydroxyl groups excluding tert-OH is 1. The van der Waals surface area contributed by atoms with Gasteiger partial charge in [0.05, 0.1) is 62.6 Å². The number of nitrogens with zero attached hydrogens (tertiary/aromatic N) is 6. The zero-order valence-corrected chi connectivity index (χ0v) is 89.4. The van der Waals surface area contributed by atoms with Gasteiger partial charge in [0.2, 0.25) is 41.4 Å². The molecule has 742 valence electrons. The molecule has 0 aliphatic rings. The molecule has 6 N–H and O–H groups in total. The van der Waals surface area contributed by atoms with Gasteiger partial charge in [0.15, 0.2) is 45.7 Å². The number of esters is 1. The van der Waals surface area contributed by atoms with Crippen molar-refractivity contribution in [2.75, 3.05) is 53.5 Å². The van der Waals surface area contributed by atoms with Crippen molar-refractivity contribution in [3.8, 4) is 0 Å². The van der Waals surface area contributed by atoms with Crippen molar-refractivity contribution in [2.24, 2.45) is 41.4 Å². The molecule has 0 aromatic heterocycles. The minimum absolute atomic E-state index is 0.0324. The molecule has 0 radical (unpaired) electrons. The van der Waals surface area contributed by atoms with Gasteiger partial charge in [-0.05, 0) is 195 Å². The maximum atomic E-state index is 14.1. The van der Waals surface area contributed by atoms with Crippen LogP contribution in [-0.2, 0) is 88.7 Å². The number of hydrogen-bond acceptors (Lipinski definition) is 18. The van der Waals surface area contributed by atoms with Crippen molar-refractivity contribution in [1.82, 2.24) is 40.9 Å². The van der Waals surface area contributed by atoms with E-state index in [-0.39, 0.29) is 120 Å². The van der Waals surface area contributed by atoms with E-state index in [1.165, 1.54) is 86.6 Å². The number of carboxylic acids is 1. The predicted octanol–water partition coefficient (Wildman–Crippen LogP) is 16.8. The molecule has 0 heterocycles. The van der Waals surface area contributed by atoms with Crippen LogP contribution in [0.5, 0.6) is 0 Å². The fraction of sp³-hybridized carbons (Fsp3) is 0.663. The molecule has 0 bridgehead atoms. The van der Waals surface area contributed by atoms with Gasteiger partial charge in [0.25, 0.3) is 5.91 Å². The highest BCUT2D eigenvalue weighted by Gasteiger charge is 2.45. The zero-order chi connectivity index (χ0) is 102. The number of aliphatic carboxylic acids is 1. The van der Waals surface area contributed by atoms with E-state index < -0.39 is 124 Å². The number of ketones is 2. The van der Waals surface area contributed by atoms with Crippen LogP contribution in [0.1, 0.15) is 237 Å². The number of allylic oxidation sites excluding steroid dienone is 3.